The van der Waals surface area contributed by atoms with Crippen molar-refractivity contribution < 1.29 is 52.2 Å². The van der Waals surface area contributed by atoms with Gasteiger partial charge in [-0.25, -0.2) is 9.36 Å². The van der Waals surface area contributed by atoms with Crippen LogP contribution in [0.3, 0.4) is 0 Å². The monoisotopic (exact) mass is 483 g/mol. The molecule has 1 fully saturated rings. The number of phosphoric ester groups is 1. The quantitative estimate of drug-likeness (QED) is 0.248. The number of nitrogens with zero attached hydrogens (tertiary/aromatic N) is 2. The Morgan fingerprint density at radius 1 is 1.23 bits per heavy atom. The number of rotatable bonds is 8. The minimum absolute atomic E-state index is 0.0799. The van der Waals surface area contributed by atoms with Gasteiger partial charge in [0.15, 0.2) is 6.23 Å². The van der Waals surface area contributed by atoms with Crippen LogP contribution in [0.4, 0.5) is 5.82 Å². The number of aliphatic hydroxyl groups is 2. The summed E-state index contributed by atoms with van der Waals surface area (Å²) in [6, 6.07) is 3.65. The maximum Gasteiger partial charge on any atom is 0.473 e. The van der Waals surface area contributed by atoms with Crippen LogP contribution in [0.5, 0.6) is 0 Å². The summed E-state index contributed by atoms with van der Waals surface area (Å²) >= 11 is 0. The Kier molecular flexibility index (Phi) is 6.84. The number of hydrogen-bond donors (Lipinski definition) is 6. The zero-order chi connectivity index (χ0) is 23.0. The van der Waals surface area contributed by atoms with Crippen molar-refractivity contribution in [3.8, 4) is 0 Å². The molecule has 15 nitrogen and oxygen atoms in total. The van der Waals surface area contributed by atoms with Crippen molar-refractivity contribution >= 4 is 21.2 Å². The van der Waals surface area contributed by atoms with Crippen LogP contribution >= 0.6 is 15.4 Å². The highest BCUT2D eigenvalue weighted by molar-refractivity contribution is 7.53. The predicted molar refractivity (Wildman–Crippen MR) is 99.2 cm³/mol. The molecule has 6 atom stereocenters. The van der Waals surface area contributed by atoms with E-state index < -0.39 is 63.9 Å². The van der Waals surface area contributed by atoms with Gasteiger partial charge in [0.2, 0.25) is 5.85 Å². The number of furan rings is 1. The van der Waals surface area contributed by atoms with E-state index in [1.54, 1.807) is 0 Å². The molecule has 3 rings (SSSR count). The first kappa shape index (κ1) is 23.8. The fourth-order valence-electron chi connectivity index (χ4n) is 2.75. The normalized spacial score (nSPS) is 27.1. The molecule has 0 aliphatic carbocycles. The van der Waals surface area contributed by atoms with Crippen molar-refractivity contribution in [2.75, 3.05) is 12.3 Å². The van der Waals surface area contributed by atoms with Crippen molar-refractivity contribution in [3.63, 3.8) is 0 Å². The van der Waals surface area contributed by atoms with Crippen molar-refractivity contribution in [2.24, 2.45) is 0 Å². The van der Waals surface area contributed by atoms with Crippen LogP contribution in [0, 0.1) is 0 Å². The first-order valence-corrected chi connectivity index (χ1v) is 11.7. The van der Waals surface area contributed by atoms with Crippen molar-refractivity contribution in [1.29, 1.82) is 0 Å². The molecule has 1 aliphatic heterocycles. The van der Waals surface area contributed by atoms with Crippen molar-refractivity contribution in [1.82, 2.24) is 9.55 Å². The lowest BCUT2D eigenvalue weighted by Gasteiger charge is -2.21. The molecule has 0 aromatic carbocycles. The molecule has 2 aromatic heterocycles. The van der Waals surface area contributed by atoms with Gasteiger partial charge in [0.25, 0.3) is 0 Å². The summed E-state index contributed by atoms with van der Waals surface area (Å²) in [5, 5.41) is 20.3. The molecule has 1 aliphatic rings. The second-order valence-corrected chi connectivity index (χ2v) is 9.47. The number of nitrogens with two attached hydrogens (primary N) is 1. The third kappa shape index (κ3) is 5.48. The zero-order valence-electron chi connectivity index (χ0n) is 15.4. The van der Waals surface area contributed by atoms with E-state index in [4.69, 9.17) is 14.9 Å². The van der Waals surface area contributed by atoms with Gasteiger partial charge >= 0.3 is 21.1 Å². The highest BCUT2D eigenvalue weighted by Crippen LogP contribution is 2.60. The van der Waals surface area contributed by atoms with E-state index in [0.717, 1.165) is 16.9 Å². The second kappa shape index (κ2) is 8.92. The summed E-state index contributed by atoms with van der Waals surface area (Å²) in [6.07, 6.45) is -3.87. The lowest BCUT2D eigenvalue weighted by molar-refractivity contribution is -0.0557. The van der Waals surface area contributed by atoms with E-state index in [-0.39, 0.29) is 5.82 Å². The van der Waals surface area contributed by atoms with Gasteiger partial charge in [-0.2, -0.15) is 4.98 Å². The molecule has 2 aromatic rings. The SMILES string of the molecule is Nc1ccn([C@@H]2O[C@H](COP(=O)(O)O[C@@H](c3ccco3)P(=O)(O)O)[C@@H](O)[C@H]2O)c(=O)n1. The van der Waals surface area contributed by atoms with E-state index in [0.29, 0.717) is 0 Å². The molecule has 1 unspecified atom stereocenters. The average molecular weight is 483 g/mol. The van der Waals surface area contributed by atoms with E-state index in [1.807, 2.05) is 0 Å². The van der Waals surface area contributed by atoms with Gasteiger partial charge in [-0.1, -0.05) is 0 Å². The molecular weight excluding hydrogens is 464 g/mol. The van der Waals surface area contributed by atoms with Gasteiger partial charge in [0.1, 0.15) is 29.9 Å². The highest BCUT2D eigenvalue weighted by atomic mass is 31.2. The minimum atomic E-state index is -5.12. The number of nitrogen functional groups attached to an aromatic ring is 1. The summed E-state index contributed by atoms with van der Waals surface area (Å²) in [5.41, 5.74) is 4.51. The van der Waals surface area contributed by atoms with Crippen molar-refractivity contribution in [3.05, 3.63) is 46.9 Å². The van der Waals surface area contributed by atoms with Crippen LogP contribution in [0.15, 0.2) is 39.9 Å². The predicted octanol–water partition coefficient (Wildman–Crippen LogP) is -0.952. The Labute approximate surface area is 173 Å². The molecule has 172 valence electrons. The molecular formula is C14H19N3O12P2. The van der Waals surface area contributed by atoms with Crippen LogP contribution in [-0.2, 0) is 22.9 Å². The summed E-state index contributed by atoms with van der Waals surface area (Å²) in [7, 11) is -10.2. The molecule has 0 saturated carbocycles. The fourth-order valence-corrected chi connectivity index (χ4v) is 4.83. The number of anilines is 1. The summed E-state index contributed by atoms with van der Waals surface area (Å²) < 4.78 is 44.0. The van der Waals surface area contributed by atoms with Gasteiger partial charge in [0.05, 0.1) is 12.9 Å². The third-order valence-corrected chi connectivity index (χ3v) is 6.28. The molecule has 0 bridgehead atoms. The van der Waals surface area contributed by atoms with Gasteiger partial charge in [-0.3, -0.25) is 18.2 Å². The Morgan fingerprint density at radius 2 is 1.94 bits per heavy atom. The Balaban J connectivity index is 1.69. The molecule has 0 amide bonds. The molecule has 17 heteroatoms. The van der Waals surface area contributed by atoms with Crippen LogP contribution in [0.1, 0.15) is 17.8 Å². The number of hydrogen-bond acceptors (Lipinski definition) is 11. The third-order valence-electron chi connectivity index (χ3n) is 4.19. The molecule has 1 saturated heterocycles. The van der Waals surface area contributed by atoms with Crippen LogP contribution in [-0.4, -0.2) is 59.4 Å². The Hall–Kier alpha value is -1.90. The number of phosphoric acid groups is 1. The Bertz CT molecular complexity index is 1050. The average Bonchev–Trinajstić information content (AvgIpc) is 3.28. The highest BCUT2D eigenvalue weighted by Gasteiger charge is 2.46. The first-order chi connectivity index (χ1) is 14.4. The second-order valence-electron chi connectivity index (χ2n) is 6.42. The van der Waals surface area contributed by atoms with Gasteiger partial charge in [0, 0.05) is 6.20 Å². The van der Waals surface area contributed by atoms with Crippen LogP contribution in [0.25, 0.3) is 0 Å². The molecule has 7 N–H and O–H groups in total. The standard InChI is InChI=1S/C14H19N3O12P2/c15-9-3-4-17(14(20)16-9)12-11(19)10(18)8(28-12)6-27-31(24,25)29-13(30(21,22)23)7-2-1-5-26-7/h1-5,8,10-13,18-19H,6H2,(H,24,25)(H2,15,16,20)(H2,21,22,23)/t8-,10-,11-,12-,13-/m1/s1. The summed E-state index contributed by atoms with van der Waals surface area (Å²) in [4.78, 5) is 44.0. The molecule has 0 spiro atoms. The van der Waals surface area contributed by atoms with Gasteiger partial charge < -0.3 is 39.8 Å². The van der Waals surface area contributed by atoms with E-state index in [9.17, 15) is 38.8 Å². The Morgan fingerprint density at radius 3 is 2.52 bits per heavy atom. The van der Waals surface area contributed by atoms with E-state index in [2.05, 4.69) is 14.0 Å². The number of aromatic nitrogens is 2. The fraction of sp³-hybridized carbons (Fsp3) is 0.429. The maximum absolute atomic E-state index is 12.2. The van der Waals surface area contributed by atoms with Crippen LogP contribution < -0.4 is 11.4 Å². The minimum Gasteiger partial charge on any atom is -0.466 e. The largest absolute Gasteiger partial charge is 0.473 e. The van der Waals surface area contributed by atoms with E-state index >= 15 is 0 Å². The lowest BCUT2D eigenvalue weighted by Crippen LogP contribution is -2.36. The molecule has 3 heterocycles. The summed E-state index contributed by atoms with van der Waals surface area (Å²) in [6.45, 7) is -0.842. The molecule has 31 heavy (non-hydrogen) atoms. The van der Waals surface area contributed by atoms with Crippen LogP contribution in [0.2, 0.25) is 0 Å². The number of aliphatic hydroxyl groups excluding tert-OH is 2. The van der Waals surface area contributed by atoms with Crippen molar-refractivity contribution in [2.45, 2.75) is 30.4 Å². The number of ether oxygens (including phenoxy) is 1. The first-order valence-electron chi connectivity index (χ1n) is 8.49. The van der Waals surface area contributed by atoms with Gasteiger partial charge in [-0.05, 0) is 18.2 Å². The maximum atomic E-state index is 12.2. The smallest absolute Gasteiger partial charge is 0.466 e. The lowest BCUT2D eigenvalue weighted by atomic mass is 10.1. The van der Waals surface area contributed by atoms with Gasteiger partial charge in [-0.15, -0.1) is 0 Å². The summed E-state index contributed by atoms with van der Waals surface area (Å²) in [5.74, 6) is -2.73. The molecule has 0 radical (unpaired) electrons. The zero-order valence-corrected chi connectivity index (χ0v) is 17.2. The topological polar surface area (TPSA) is 237 Å². The van der Waals surface area contributed by atoms with E-state index in [1.165, 1.54) is 18.3 Å².